The van der Waals surface area contributed by atoms with Gasteiger partial charge in [-0.1, -0.05) is 23.2 Å². The molecule has 0 aliphatic rings. The molecule has 0 amide bonds. The van der Waals surface area contributed by atoms with Crippen molar-refractivity contribution in [2.75, 3.05) is 0 Å². The molecule has 0 radical (unpaired) electrons. The van der Waals surface area contributed by atoms with E-state index in [1.807, 2.05) is 6.07 Å². The fraction of sp³-hybridized carbons (Fsp3) is 0. The molecule has 4 rings (SSSR count). The van der Waals surface area contributed by atoms with E-state index in [-0.39, 0.29) is 0 Å². The first kappa shape index (κ1) is 11.6. The number of fused-ring (bicyclic) bond motifs is 2. The maximum absolute atomic E-state index is 5.99. The van der Waals surface area contributed by atoms with Gasteiger partial charge in [0.15, 0.2) is 11.3 Å². The van der Waals surface area contributed by atoms with Crippen LogP contribution in [0.4, 0.5) is 0 Å². The number of nitrogens with one attached hydrogen (secondary N) is 1. The number of hydrogen-bond donors (Lipinski definition) is 1. The van der Waals surface area contributed by atoms with E-state index in [0.717, 1.165) is 0 Å². The zero-order valence-corrected chi connectivity index (χ0v) is 11.4. The first-order chi connectivity index (χ1) is 9.70. The lowest BCUT2D eigenvalue weighted by Gasteiger charge is -1.99. The van der Waals surface area contributed by atoms with Crippen molar-refractivity contribution in [1.29, 1.82) is 0 Å². The lowest BCUT2D eigenvalue weighted by molar-refractivity contribution is 0.828. The summed E-state index contributed by atoms with van der Waals surface area (Å²) in [6.45, 7) is 0. The molecule has 4 aromatic rings. The van der Waals surface area contributed by atoms with Crippen LogP contribution in [-0.2, 0) is 0 Å². The highest BCUT2D eigenvalue weighted by atomic mass is 35.5. The van der Waals surface area contributed by atoms with E-state index in [1.54, 1.807) is 29.2 Å². The predicted molar refractivity (Wildman–Crippen MR) is 76.3 cm³/mol. The van der Waals surface area contributed by atoms with Gasteiger partial charge in [0, 0.05) is 12.4 Å². The minimum Gasteiger partial charge on any atom is -0.305 e. The molecule has 0 aliphatic carbocycles. The molecule has 0 unspecified atom stereocenters. The normalized spacial score (nSPS) is 11.5. The summed E-state index contributed by atoms with van der Waals surface area (Å²) in [5.41, 5.74) is 2.37. The van der Waals surface area contributed by atoms with Gasteiger partial charge in [-0.15, -0.1) is 0 Å². The lowest BCUT2D eigenvalue weighted by atomic mass is 10.3. The smallest absolute Gasteiger partial charge is 0.231 e. The molecular formula is C12H6Cl2N6. The van der Waals surface area contributed by atoms with Gasteiger partial charge in [0.05, 0.1) is 21.1 Å². The maximum Gasteiger partial charge on any atom is 0.231 e. The molecule has 1 N–H and O–H groups in total. The van der Waals surface area contributed by atoms with E-state index in [4.69, 9.17) is 23.2 Å². The van der Waals surface area contributed by atoms with Crippen LogP contribution in [0.15, 0.2) is 30.6 Å². The highest BCUT2D eigenvalue weighted by molar-refractivity contribution is 6.42. The monoisotopic (exact) mass is 304 g/mol. The summed E-state index contributed by atoms with van der Waals surface area (Å²) >= 11 is 12.0. The Morgan fingerprint density at radius 2 is 1.75 bits per heavy atom. The molecule has 8 heteroatoms. The molecule has 6 nitrogen and oxygen atoms in total. The van der Waals surface area contributed by atoms with Crippen molar-refractivity contribution < 1.29 is 0 Å². The molecule has 98 valence electrons. The average molecular weight is 305 g/mol. The van der Waals surface area contributed by atoms with Crippen LogP contribution >= 0.6 is 23.2 Å². The molecule has 0 bridgehead atoms. The Bertz CT molecular complexity index is 870. The Morgan fingerprint density at radius 3 is 2.45 bits per heavy atom. The number of rotatable bonds is 1. The molecule has 0 spiro atoms. The van der Waals surface area contributed by atoms with Crippen LogP contribution in [0.2, 0.25) is 10.0 Å². The maximum atomic E-state index is 5.99. The molecule has 0 atom stereocenters. The third-order valence-electron chi connectivity index (χ3n) is 2.85. The van der Waals surface area contributed by atoms with Gasteiger partial charge in [-0.3, -0.25) is 0 Å². The molecule has 0 saturated heterocycles. The third-order valence-corrected chi connectivity index (χ3v) is 3.57. The fourth-order valence-electron chi connectivity index (χ4n) is 1.94. The van der Waals surface area contributed by atoms with Crippen molar-refractivity contribution in [3.05, 3.63) is 40.6 Å². The van der Waals surface area contributed by atoms with Gasteiger partial charge in [0.2, 0.25) is 5.95 Å². The molecule has 20 heavy (non-hydrogen) atoms. The highest BCUT2D eigenvalue weighted by Crippen LogP contribution is 2.26. The first-order valence-corrected chi connectivity index (χ1v) is 6.49. The zero-order chi connectivity index (χ0) is 13.7. The predicted octanol–water partition coefficient (Wildman–Crippen LogP) is 3.00. The number of H-pyrrole nitrogens is 1. The summed E-state index contributed by atoms with van der Waals surface area (Å²) in [6, 6.07) is 5.16. The Labute approximate surface area is 122 Å². The van der Waals surface area contributed by atoms with Gasteiger partial charge < -0.3 is 4.98 Å². The third kappa shape index (κ3) is 1.73. The largest absolute Gasteiger partial charge is 0.305 e. The van der Waals surface area contributed by atoms with Gasteiger partial charge in [0.1, 0.15) is 0 Å². The topological polar surface area (TPSA) is 72.3 Å². The number of benzene rings is 1. The molecule has 3 aromatic heterocycles. The van der Waals surface area contributed by atoms with Crippen molar-refractivity contribution in [3.63, 3.8) is 0 Å². The number of nitrogens with zero attached hydrogens (tertiary/aromatic N) is 5. The molecule has 0 saturated carbocycles. The van der Waals surface area contributed by atoms with E-state index >= 15 is 0 Å². The van der Waals surface area contributed by atoms with Crippen LogP contribution in [0.25, 0.3) is 28.3 Å². The molecule has 0 fully saturated rings. The van der Waals surface area contributed by atoms with Gasteiger partial charge in [0.25, 0.3) is 0 Å². The van der Waals surface area contributed by atoms with Crippen LogP contribution in [-0.4, -0.2) is 29.7 Å². The Morgan fingerprint density at radius 1 is 1.00 bits per heavy atom. The van der Waals surface area contributed by atoms with Crippen LogP contribution in [0, 0.1) is 0 Å². The molecule has 1 aromatic carbocycles. The first-order valence-electron chi connectivity index (χ1n) is 5.73. The Balaban J connectivity index is 2.00. The second-order valence-electron chi connectivity index (χ2n) is 4.16. The highest BCUT2D eigenvalue weighted by Gasteiger charge is 2.10. The van der Waals surface area contributed by atoms with E-state index in [1.165, 1.54) is 0 Å². The van der Waals surface area contributed by atoms with E-state index < -0.39 is 0 Å². The SMILES string of the molecule is Clc1cc2nc3nc(-n4cccn4)[nH]c3nc2cc1Cl. The van der Waals surface area contributed by atoms with Crippen LogP contribution in [0.1, 0.15) is 0 Å². The average Bonchev–Trinajstić information content (AvgIpc) is 3.05. The van der Waals surface area contributed by atoms with E-state index in [9.17, 15) is 0 Å². The number of hydrogen-bond acceptors (Lipinski definition) is 4. The van der Waals surface area contributed by atoms with Gasteiger partial charge >= 0.3 is 0 Å². The second kappa shape index (κ2) is 4.16. The summed E-state index contributed by atoms with van der Waals surface area (Å²) in [6.07, 6.45) is 3.45. The van der Waals surface area contributed by atoms with Crippen LogP contribution in [0.3, 0.4) is 0 Å². The fourth-order valence-corrected chi connectivity index (χ4v) is 2.26. The lowest BCUT2D eigenvalue weighted by Crippen LogP contribution is -1.95. The Kier molecular flexibility index (Phi) is 2.42. The van der Waals surface area contributed by atoms with E-state index in [0.29, 0.717) is 38.3 Å². The van der Waals surface area contributed by atoms with Crippen molar-refractivity contribution in [2.24, 2.45) is 0 Å². The summed E-state index contributed by atoms with van der Waals surface area (Å²) in [5, 5.41) is 4.99. The van der Waals surface area contributed by atoms with Crippen LogP contribution in [0.5, 0.6) is 0 Å². The Hall–Kier alpha value is -2.18. The summed E-state index contributed by atoms with van der Waals surface area (Å²) in [4.78, 5) is 16.3. The van der Waals surface area contributed by atoms with E-state index in [2.05, 4.69) is 25.0 Å². The molecule has 0 aliphatic heterocycles. The van der Waals surface area contributed by atoms with Gasteiger partial charge in [-0.25, -0.2) is 14.6 Å². The van der Waals surface area contributed by atoms with Crippen molar-refractivity contribution in [1.82, 2.24) is 29.7 Å². The standard InChI is InChI=1S/C12H6Cl2N6/c13-6-4-8-9(5-7(6)14)17-11-10(16-8)18-12(19-11)20-3-1-2-15-20/h1-5H,(H,16,17,18,19). The molecular weight excluding hydrogens is 299 g/mol. The second-order valence-corrected chi connectivity index (χ2v) is 4.98. The minimum atomic E-state index is 0.440. The quantitative estimate of drug-likeness (QED) is 0.587. The minimum absolute atomic E-state index is 0.440. The van der Waals surface area contributed by atoms with Crippen molar-refractivity contribution in [3.8, 4) is 5.95 Å². The van der Waals surface area contributed by atoms with Gasteiger partial charge in [-0.2, -0.15) is 10.1 Å². The summed E-state index contributed by atoms with van der Waals surface area (Å²) in [7, 11) is 0. The van der Waals surface area contributed by atoms with Gasteiger partial charge in [-0.05, 0) is 18.2 Å². The van der Waals surface area contributed by atoms with Crippen molar-refractivity contribution in [2.45, 2.75) is 0 Å². The number of aromatic nitrogens is 6. The molecule has 3 heterocycles. The van der Waals surface area contributed by atoms with Crippen molar-refractivity contribution >= 4 is 45.5 Å². The van der Waals surface area contributed by atoms with Crippen LogP contribution < -0.4 is 0 Å². The summed E-state index contributed by atoms with van der Waals surface area (Å²) in [5.74, 6) is 0.553. The zero-order valence-electron chi connectivity index (χ0n) is 9.88. The number of aromatic amines is 1. The number of halogens is 2. The summed E-state index contributed by atoms with van der Waals surface area (Å²) < 4.78 is 1.61. The number of imidazole rings is 1.